The molecule has 0 aliphatic carbocycles. The third-order valence-electron chi connectivity index (χ3n) is 2.21. The summed E-state index contributed by atoms with van der Waals surface area (Å²) in [5.74, 6) is 0.229. The summed E-state index contributed by atoms with van der Waals surface area (Å²) >= 11 is 11.5. The molecule has 0 saturated heterocycles. The van der Waals surface area contributed by atoms with Crippen molar-refractivity contribution in [3.8, 4) is 0 Å². The van der Waals surface area contributed by atoms with Crippen molar-refractivity contribution >= 4 is 38.9 Å². The number of rotatable bonds is 5. The lowest BCUT2D eigenvalue weighted by Crippen LogP contribution is -2.22. The summed E-state index contributed by atoms with van der Waals surface area (Å²) in [6.07, 6.45) is 0. The normalized spacial score (nSPS) is 13.4. The van der Waals surface area contributed by atoms with Crippen LogP contribution in [0, 0.1) is 12.8 Å². The highest BCUT2D eigenvalue weighted by Gasteiger charge is 2.15. The summed E-state index contributed by atoms with van der Waals surface area (Å²) in [6.45, 7) is 3.64. The fourth-order valence-electron chi connectivity index (χ4n) is 1.30. The van der Waals surface area contributed by atoms with Crippen LogP contribution in [0.5, 0.6) is 0 Å². The molecule has 0 aliphatic rings. The molecule has 0 radical (unpaired) electrons. The van der Waals surface area contributed by atoms with Crippen LogP contribution in [-0.2, 0) is 10.0 Å². The molecule has 0 aromatic heterocycles. The molecule has 1 aromatic rings. The van der Waals surface area contributed by atoms with Crippen molar-refractivity contribution in [3.05, 3.63) is 28.8 Å². The Balaban J connectivity index is 2.80. The van der Waals surface area contributed by atoms with Gasteiger partial charge in [-0.05, 0) is 30.5 Å². The first-order chi connectivity index (χ1) is 7.84. The lowest BCUT2D eigenvalue weighted by molar-refractivity contribution is 0.588. The van der Waals surface area contributed by atoms with E-state index in [1.165, 1.54) is 0 Å². The molecule has 0 saturated carbocycles. The van der Waals surface area contributed by atoms with Crippen molar-refractivity contribution in [2.24, 2.45) is 5.92 Å². The lowest BCUT2D eigenvalue weighted by Gasteiger charge is -2.11. The van der Waals surface area contributed by atoms with Crippen molar-refractivity contribution < 1.29 is 8.42 Å². The number of hydrogen-bond acceptors (Lipinski definition) is 2. The zero-order chi connectivity index (χ0) is 13.1. The van der Waals surface area contributed by atoms with Crippen LogP contribution in [0.15, 0.2) is 18.2 Å². The number of nitrogens with one attached hydrogen (secondary N) is 1. The fraction of sp³-hybridized carbons (Fsp3) is 0.455. The third-order valence-corrected chi connectivity index (χ3v) is 4.70. The third kappa shape index (κ3) is 4.74. The Hall–Kier alpha value is -0.450. The molecule has 17 heavy (non-hydrogen) atoms. The van der Waals surface area contributed by atoms with Gasteiger partial charge in [-0.25, -0.2) is 8.42 Å². The van der Waals surface area contributed by atoms with Crippen LogP contribution in [0.1, 0.15) is 12.5 Å². The summed E-state index contributed by atoms with van der Waals surface area (Å²) in [5.41, 5.74) is 1.38. The predicted molar refractivity (Wildman–Crippen MR) is 73.5 cm³/mol. The van der Waals surface area contributed by atoms with Gasteiger partial charge in [0.25, 0.3) is 0 Å². The van der Waals surface area contributed by atoms with Crippen LogP contribution in [-0.4, -0.2) is 20.1 Å². The van der Waals surface area contributed by atoms with Gasteiger partial charge in [-0.2, -0.15) is 0 Å². The molecule has 3 nitrogen and oxygen atoms in total. The number of anilines is 1. The van der Waals surface area contributed by atoms with Crippen LogP contribution in [0.3, 0.4) is 0 Å². The molecule has 1 aromatic carbocycles. The van der Waals surface area contributed by atoms with E-state index in [1.807, 2.05) is 6.92 Å². The first-order valence-corrected chi connectivity index (χ1v) is 7.73. The van der Waals surface area contributed by atoms with Crippen molar-refractivity contribution in [2.75, 3.05) is 16.4 Å². The van der Waals surface area contributed by atoms with Gasteiger partial charge in [0.1, 0.15) is 0 Å². The van der Waals surface area contributed by atoms with Gasteiger partial charge in [-0.3, -0.25) is 4.72 Å². The number of alkyl halides is 1. The molecule has 0 aliphatic heterocycles. The Labute approximate surface area is 112 Å². The number of hydrogen-bond donors (Lipinski definition) is 1. The molecule has 1 atom stereocenters. The van der Waals surface area contributed by atoms with Gasteiger partial charge in [-0.1, -0.05) is 24.6 Å². The van der Waals surface area contributed by atoms with E-state index in [9.17, 15) is 8.42 Å². The van der Waals surface area contributed by atoms with Crippen LogP contribution in [0.25, 0.3) is 0 Å². The molecule has 0 fully saturated rings. The summed E-state index contributed by atoms with van der Waals surface area (Å²) in [6, 6.07) is 5.05. The second kappa shape index (κ2) is 5.94. The van der Waals surface area contributed by atoms with Crippen LogP contribution < -0.4 is 4.72 Å². The maximum atomic E-state index is 11.8. The summed E-state index contributed by atoms with van der Waals surface area (Å²) < 4.78 is 26.0. The molecule has 0 heterocycles. The number of sulfonamides is 1. The predicted octanol–water partition coefficient (Wildman–Crippen LogP) is 3.27. The minimum Gasteiger partial charge on any atom is -0.283 e. The van der Waals surface area contributed by atoms with Gasteiger partial charge >= 0.3 is 0 Å². The van der Waals surface area contributed by atoms with Gasteiger partial charge in [0.2, 0.25) is 10.0 Å². The zero-order valence-corrected chi connectivity index (χ0v) is 12.0. The summed E-state index contributed by atoms with van der Waals surface area (Å²) in [4.78, 5) is 0. The fourth-order valence-corrected chi connectivity index (χ4v) is 3.15. The smallest absolute Gasteiger partial charge is 0.233 e. The van der Waals surface area contributed by atoms with Crippen LogP contribution in [0.2, 0.25) is 5.02 Å². The van der Waals surface area contributed by atoms with Gasteiger partial charge in [0.05, 0.1) is 5.75 Å². The van der Waals surface area contributed by atoms with Gasteiger partial charge in [0.15, 0.2) is 0 Å². The molecule has 1 N–H and O–H groups in total. The topological polar surface area (TPSA) is 46.2 Å². The second-order valence-corrected chi connectivity index (χ2v) is 6.59. The maximum absolute atomic E-state index is 11.8. The SMILES string of the molecule is Cc1ccc(NS(=O)(=O)CC(C)CCl)cc1Cl. The highest BCUT2D eigenvalue weighted by molar-refractivity contribution is 7.92. The standard InChI is InChI=1S/C11H15Cl2NO2S/c1-8(6-12)7-17(15,16)14-10-4-3-9(2)11(13)5-10/h3-5,8,14H,6-7H2,1-2H3. The first-order valence-electron chi connectivity index (χ1n) is 5.16. The Morgan fingerprint density at radius 1 is 1.41 bits per heavy atom. The van der Waals surface area contributed by atoms with E-state index in [1.54, 1.807) is 25.1 Å². The molecule has 1 rings (SSSR count). The summed E-state index contributed by atoms with van der Waals surface area (Å²) in [5, 5.41) is 0.538. The average molecular weight is 296 g/mol. The monoisotopic (exact) mass is 295 g/mol. The number of benzene rings is 1. The van der Waals surface area contributed by atoms with E-state index < -0.39 is 10.0 Å². The van der Waals surface area contributed by atoms with Crippen molar-refractivity contribution in [1.82, 2.24) is 0 Å². The van der Waals surface area contributed by atoms with Crippen molar-refractivity contribution in [3.63, 3.8) is 0 Å². The van der Waals surface area contributed by atoms with Gasteiger partial charge < -0.3 is 0 Å². The molecule has 0 amide bonds. The highest BCUT2D eigenvalue weighted by Crippen LogP contribution is 2.21. The quantitative estimate of drug-likeness (QED) is 0.848. The lowest BCUT2D eigenvalue weighted by atomic mass is 10.2. The molecular weight excluding hydrogens is 281 g/mol. The zero-order valence-electron chi connectivity index (χ0n) is 9.70. The number of halogens is 2. The van der Waals surface area contributed by atoms with Crippen LogP contribution in [0.4, 0.5) is 5.69 Å². The molecule has 6 heteroatoms. The molecule has 1 unspecified atom stereocenters. The van der Waals surface area contributed by atoms with E-state index >= 15 is 0 Å². The Kier molecular flexibility index (Phi) is 5.10. The van der Waals surface area contributed by atoms with E-state index in [0.717, 1.165) is 5.56 Å². The highest BCUT2D eigenvalue weighted by atomic mass is 35.5. The molecule has 96 valence electrons. The minimum absolute atomic E-state index is 0.00198. The summed E-state index contributed by atoms with van der Waals surface area (Å²) in [7, 11) is -3.37. The minimum atomic E-state index is -3.37. The van der Waals surface area contributed by atoms with Crippen LogP contribution >= 0.6 is 23.2 Å². The second-order valence-electron chi connectivity index (χ2n) is 4.11. The largest absolute Gasteiger partial charge is 0.283 e. The maximum Gasteiger partial charge on any atom is 0.233 e. The average Bonchev–Trinajstić information content (AvgIpc) is 2.22. The molecule has 0 bridgehead atoms. The Morgan fingerprint density at radius 3 is 2.59 bits per heavy atom. The van der Waals surface area contributed by atoms with Crippen molar-refractivity contribution in [2.45, 2.75) is 13.8 Å². The first kappa shape index (κ1) is 14.6. The van der Waals surface area contributed by atoms with E-state index in [-0.39, 0.29) is 11.7 Å². The molecular formula is C11H15Cl2NO2S. The van der Waals surface area contributed by atoms with E-state index in [2.05, 4.69) is 4.72 Å². The Bertz CT molecular complexity index is 488. The van der Waals surface area contributed by atoms with Gasteiger partial charge in [-0.15, -0.1) is 11.6 Å². The van der Waals surface area contributed by atoms with Gasteiger partial charge in [0, 0.05) is 16.6 Å². The van der Waals surface area contributed by atoms with Crippen molar-refractivity contribution in [1.29, 1.82) is 0 Å². The Morgan fingerprint density at radius 2 is 2.06 bits per heavy atom. The van der Waals surface area contributed by atoms with E-state index in [4.69, 9.17) is 23.2 Å². The number of aryl methyl sites for hydroxylation is 1. The molecule has 0 spiro atoms. The van der Waals surface area contributed by atoms with E-state index in [0.29, 0.717) is 16.6 Å².